The molecule has 0 radical (unpaired) electrons. The summed E-state index contributed by atoms with van der Waals surface area (Å²) in [6.45, 7) is 10.2. The monoisotopic (exact) mass is 572 g/mol. The van der Waals surface area contributed by atoms with E-state index in [0.29, 0.717) is 26.8 Å². The number of para-hydroxylation sites is 1. The van der Waals surface area contributed by atoms with Crippen LogP contribution in [0.4, 0.5) is 0 Å². The molecule has 2 aromatic heterocycles. The van der Waals surface area contributed by atoms with E-state index in [9.17, 15) is 4.79 Å². The third-order valence-electron chi connectivity index (χ3n) is 7.13. The van der Waals surface area contributed by atoms with Crippen molar-refractivity contribution in [2.75, 3.05) is 7.11 Å². The first kappa shape index (κ1) is 27.7. The lowest BCUT2D eigenvalue weighted by atomic mass is 9.96. The van der Waals surface area contributed by atoms with Gasteiger partial charge in [0.15, 0.2) is 5.82 Å². The second kappa shape index (κ2) is 11.0. The number of halogens is 2. The van der Waals surface area contributed by atoms with Crippen molar-refractivity contribution in [2.45, 2.75) is 40.5 Å². The quantitative estimate of drug-likeness (QED) is 0.193. The predicted octanol–water partition coefficient (Wildman–Crippen LogP) is 8.10. The van der Waals surface area contributed by atoms with Gasteiger partial charge in [-0.2, -0.15) is 9.78 Å². The van der Waals surface area contributed by atoms with Crippen LogP contribution < -0.4 is 10.3 Å². The van der Waals surface area contributed by atoms with Gasteiger partial charge < -0.3 is 9.30 Å². The Morgan fingerprint density at radius 1 is 1.00 bits per heavy atom. The third-order valence-corrected chi connectivity index (χ3v) is 7.66. The largest absolute Gasteiger partial charge is 0.496 e. The summed E-state index contributed by atoms with van der Waals surface area (Å²) in [5, 5.41) is 6.34. The summed E-state index contributed by atoms with van der Waals surface area (Å²) >= 11 is 12.6. The van der Waals surface area contributed by atoms with Crippen LogP contribution in [0.2, 0.25) is 10.0 Å². The summed E-state index contributed by atoms with van der Waals surface area (Å²) in [5.74, 6) is 1.49. The van der Waals surface area contributed by atoms with Crippen molar-refractivity contribution >= 4 is 40.3 Å². The van der Waals surface area contributed by atoms with Crippen molar-refractivity contribution in [3.63, 3.8) is 0 Å². The second-order valence-corrected chi connectivity index (χ2v) is 11.0. The number of methoxy groups -OCH3 is 1. The second-order valence-electron chi connectivity index (χ2n) is 10.1. The molecule has 3 aromatic carbocycles. The van der Waals surface area contributed by atoms with Crippen LogP contribution in [0.5, 0.6) is 5.75 Å². The fraction of sp³-hybridized carbons (Fsp3) is 0.219. The molecule has 0 spiro atoms. The third kappa shape index (κ3) is 4.93. The molecule has 2 heterocycles. The van der Waals surface area contributed by atoms with E-state index in [0.717, 1.165) is 45.1 Å². The Hall–Kier alpha value is -3.87. The zero-order valence-corrected chi connectivity index (χ0v) is 24.8. The minimum atomic E-state index is -0.243. The molecule has 0 fully saturated rings. The molecule has 0 saturated carbocycles. The lowest BCUT2D eigenvalue weighted by Crippen LogP contribution is -2.21. The van der Waals surface area contributed by atoms with Crippen LogP contribution in [0.1, 0.15) is 47.8 Å². The molecule has 0 N–H and O–H groups in total. The fourth-order valence-electron chi connectivity index (χ4n) is 5.04. The summed E-state index contributed by atoms with van der Waals surface area (Å²) < 4.78 is 9.09. The topological polar surface area (TPSA) is 61.4 Å². The lowest BCUT2D eigenvalue weighted by molar-refractivity contribution is 0.407. The molecule has 8 heteroatoms. The standard InChI is InChI=1S/C32H30Cl2N4O2/c1-18(2)25-16-26(19(3)13-30(25)40-6)31-36-28-10-8-7-9-24(28)32(39)38(31)35-17-22-14-20(4)37(21(22)5)29-12-11-23(33)15-27(29)34/h7-18H,1-6H3. The highest BCUT2D eigenvalue weighted by Crippen LogP contribution is 2.34. The molecular formula is C32H30Cl2N4O2. The van der Waals surface area contributed by atoms with Gasteiger partial charge in [0.05, 0.1) is 34.9 Å². The van der Waals surface area contributed by atoms with E-state index in [1.807, 2.05) is 67.8 Å². The number of rotatable bonds is 6. The van der Waals surface area contributed by atoms with Crippen molar-refractivity contribution in [1.82, 2.24) is 14.2 Å². The SMILES string of the molecule is COc1cc(C)c(-c2nc3ccccc3c(=O)n2N=Cc2cc(C)n(-c3ccc(Cl)cc3Cl)c2C)cc1C(C)C. The summed E-state index contributed by atoms with van der Waals surface area (Å²) in [4.78, 5) is 18.7. The van der Waals surface area contributed by atoms with E-state index in [-0.39, 0.29) is 11.5 Å². The summed E-state index contributed by atoms with van der Waals surface area (Å²) in [6.07, 6.45) is 1.70. The number of aryl methyl sites for hydroxylation is 2. The molecule has 0 atom stereocenters. The Kier molecular flexibility index (Phi) is 7.58. The molecular weight excluding hydrogens is 543 g/mol. The zero-order valence-electron chi connectivity index (χ0n) is 23.3. The number of fused-ring (bicyclic) bond motifs is 1. The molecule has 0 saturated heterocycles. The van der Waals surface area contributed by atoms with Gasteiger partial charge in [-0.25, -0.2) is 4.98 Å². The fourth-order valence-corrected chi connectivity index (χ4v) is 5.54. The Labute approximate surface area is 243 Å². The number of nitrogens with zero attached hydrogens (tertiary/aromatic N) is 4. The Morgan fingerprint density at radius 3 is 2.45 bits per heavy atom. The molecule has 0 aliphatic carbocycles. The van der Waals surface area contributed by atoms with Crippen LogP contribution in [0.25, 0.3) is 28.0 Å². The summed E-state index contributed by atoms with van der Waals surface area (Å²) in [5.41, 5.74) is 6.73. The highest BCUT2D eigenvalue weighted by molar-refractivity contribution is 6.35. The Balaban J connectivity index is 1.71. The summed E-state index contributed by atoms with van der Waals surface area (Å²) in [7, 11) is 1.67. The highest BCUT2D eigenvalue weighted by atomic mass is 35.5. The van der Waals surface area contributed by atoms with Crippen LogP contribution in [0.3, 0.4) is 0 Å². The van der Waals surface area contributed by atoms with Crippen LogP contribution in [0, 0.1) is 20.8 Å². The molecule has 204 valence electrons. The highest BCUT2D eigenvalue weighted by Gasteiger charge is 2.19. The van der Waals surface area contributed by atoms with E-state index in [2.05, 4.69) is 19.9 Å². The van der Waals surface area contributed by atoms with Crippen LogP contribution in [0.15, 0.2) is 70.6 Å². The van der Waals surface area contributed by atoms with Crippen LogP contribution in [-0.2, 0) is 0 Å². The van der Waals surface area contributed by atoms with E-state index in [1.165, 1.54) is 4.68 Å². The van der Waals surface area contributed by atoms with E-state index >= 15 is 0 Å². The molecule has 0 unspecified atom stereocenters. The van der Waals surface area contributed by atoms with Crippen molar-refractivity contribution in [3.05, 3.63) is 109 Å². The maximum atomic E-state index is 13.8. The van der Waals surface area contributed by atoms with Gasteiger partial charge in [0.25, 0.3) is 5.56 Å². The molecule has 0 amide bonds. The van der Waals surface area contributed by atoms with Gasteiger partial charge in [-0.1, -0.05) is 49.2 Å². The van der Waals surface area contributed by atoms with Crippen molar-refractivity contribution in [3.8, 4) is 22.8 Å². The molecule has 40 heavy (non-hydrogen) atoms. The lowest BCUT2D eigenvalue weighted by Gasteiger charge is -2.17. The molecule has 0 aliphatic rings. The normalized spacial score (nSPS) is 11.7. The van der Waals surface area contributed by atoms with Gasteiger partial charge in [0.2, 0.25) is 0 Å². The molecule has 5 rings (SSSR count). The molecule has 6 nitrogen and oxygen atoms in total. The Bertz CT molecular complexity index is 1850. The van der Waals surface area contributed by atoms with Gasteiger partial charge in [-0.3, -0.25) is 4.79 Å². The van der Waals surface area contributed by atoms with E-state index in [4.69, 9.17) is 38.0 Å². The van der Waals surface area contributed by atoms with Crippen molar-refractivity contribution < 1.29 is 4.74 Å². The smallest absolute Gasteiger partial charge is 0.282 e. The van der Waals surface area contributed by atoms with E-state index in [1.54, 1.807) is 25.5 Å². The van der Waals surface area contributed by atoms with E-state index < -0.39 is 0 Å². The minimum absolute atomic E-state index is 0.212. The first-order chi connectivity index (χ1) is 19.1. The first-order valence-corrected chi connectivity index (χ1v) is 13.8. The Morgan fingerprint density at radius 2 is 1.75 bits per heavy atom. The number of hydrogen-bond acceptors (Lipinski definition) is 4. The maximum absolute atomic E-state index is 13.8. The van der Waals surface area contributed by atoms with Crippen molar-refractivity contribution in [1.29, 1.82) is 0 Å². The van der Waals surface area contributed by atoms with Gasteiger partial charge in [-0.15, -0.1) is 0 Å². The zero-order chi connectivity index (χ0) is 28.7. The average Bonchev–Trinajstić information content (AvgIpc) is 3.20. The molecule has 0 aliphatic heterocycles. The van der Waals surface area contributed by atoms with Gasteiger partial charge in [0, 0.05) is 27.5 Å². The number of aromatic nitrogens is 3. The first-order valence-electron chi connectivity index (χ1n) is 13.0. The number of hydrogen-bond donors (Lipinski definition) is 0. The predicted molar refractivity (Wildman–Crippen MR) is 165 cm³/mol. The number of benzene rings is 3. The molecule has 5 aromatic rings. The van der Waals surface area contributed by atoms with Crippen molar-refractivity contribution in [2.24, 2.45) is 5.10 Å². The van der Waals surface area contributed by atoms with Crippen LogP contribution in [-0.4, -0.2) is 27.6 Å². The maximum Gasteiger partial charge on any atom is 0.282 e. The van der Waals surface area contributed by atoms with Gasteiger partial charge in [-0.05, 0) is 86.3 Å². The number of ether oxygens (including phenoxy) is 1. The van der Waals surface area contributed by atoms with Crippen LogP contribution >= 0.6 is 23.2 Å². The molecule has 0 bridgehead atoms. The average molecular weight is 574 g/mol. The van der Waals surface area contributed by atoms with Gasteiger partial charge in [0.1, 0.15) is 5.75 Å². The summed E-state index contributed by atoms with van der Waals surface area (Å²) in [6, 6.07) is 18.8. The van der Waals surface area contributed by atoms with Gasteiger partial charge >= 0.3 is 0 Å². The minimum Gasteiger partial charge on any atom is -0.496 e.